The van der Waals surface area contributed by atoms with E-state index in [0.29, 0.717) is 0 Å². The Morgan fingerprint density at radius 1 is 1.03 bits per heavy atom. The van der Waals surface area contributed by atoms with E-state index in [4.69, 9.17) is 9.47 Å². The molecule has 0 saturated carbocycles. The Kier molecular flexibility index (Phi) is 7.15. The lowest BCUT2D eigenvalue weighted by atomic mass is 9.94. The van der Waals surface area contributed by atoms with Gasteiger partial charge in [-0.05, 0) is 36.1 Å². The molecule has 2 amide bonds. The van der Waals surface area contributed by atoms with Gasteiger partial charge in [-0.3, -0.25) is 9.59 Å². The fourth-order valence-electron chi connectivity index (χ4n) is 3.64. The number of amides is 2. The molecule has 170 valence electrons. The van der Waals surface area contributed by atoms with Crippen LogP contribution in [0.3, 0.4) is 0 Å². The van der Waals surface area contributed by atoms with Crippen molar-refractivity contribution in [3.63, 3.8) is 0 Å². The summed E-state index contributed by atoms with van der Waals surface area (Å²) in [6.07, 6.45) is -0.749. The zero-order valence-electron chi connectivity index (χ0n) is 18.4. The van der Waals surface area contributed by atoms with Crippen molar-refractivity contribution in [2.24, 2.45) is 5.41 Å². The summed E-state index contributed by atoms with van der Waals surface area (Å²) in [7, 11) is 1.40. The lowest BCUT2D eigenvalue weighted by Crippen LogP contribution is -2.51. The zero-order chi connectivity index (χ0) is 23.3. The van der Waals surface area contributed by atoms with Gasteiger partial charge in [0.1, 0.15) is 12.6 Å². The fourth-order valence-corrected chi connectivity index (χ4v) is 3.64. The number of alkyl carbamates (subject to hydrolysis) is 1. The number of carboxylic acid groups (broad SMARTS) is 1. The number of nitrogens with one attached hydrogen (secondary N) is 2. The molecule has 3 N–H and O–H groups in total. The van der Waals surface area contributed by atoms with Gasteiger partial charge in [0.15, 0.2) is 0 Å². The first-order valence-electron chi connectivity index (χ1n) is 10.4. The predicted molar refractivity (Wildman–Crippen MR) is 118 cm³/mol. The summed E-state index contributed by atoms with van der Waals surface area (Å²) in [5, 5.41) is 14.2. The molecular weight excluding hydrogens is 412 g/mol. The molecule has 8 nitrogen and oxygen atoms in total. The number of carbonyl (C=O) groups is 3. The Morgan fingerprint density at radius 2 is 1.59 bits per heavy atom. The lowest BCUT2D eigenvalue weighted by Gasteiger charge is -2.23. The molecule has 1 aliphatic rings. The highest BCUT2D eigenvalue weighted by Gasteiger charge is 2.31. The fraction of sp³-hybridized carbons (Fsp3) is 0.375. The average molecular weight is 440 g/mol. The smallest absolute Gasteiger partial charge is 0.407 e. The molecule has 0 aromatic heterocycles. The van der Waals surface area contributed by atoms with Crippen molar-refractivity contribution < 1.29 is 29.0 Å². The third-order valence-electron chi connectivity index (χ3n) is 5.57. The van der Waals surface area contributed by atoms with E-state index in [-0.39, 0.29) is 25.7 Å². The normalized spacial score (nSPS) is 13.6. The van der Waals surface area contributed by atoms with Gasteiger partial charge in [0.25, 0.3) is 0 Å². The van der Waals surface area contributed by atoms with Gasteiger partial charge in [-0.2, -0.15) is 0 Å². The van der Waals surface area contributed by atoms with E-state index in [1.165, 1.54) is 21.0 Å². The van der Waals surface area contributed by atoms with Crippen LogP contribution in [-0.2, 0) is 19.1 Å². The maximum atomic E-state index is 12.5. The van der Waals surface area contributed by atoms with Gasteiger partial charge in [0, 0.05) is 19.6 Å². The molecule has 3 rings (SSSR count). The van der Waals surface area contributed by atoms with E-state index in [9.17, 15) is 19.5 Å². The quantitative estimate of drug-likeness (QED) is 0.553. The molecule has 1 unspecified atom stereocenters. The van der Waals surface area contributed by atoms with E-state index in [1.54, 1.807) is 0 Å². The van der Waals surface area contributed by atoms with Crippen LogP contribution < -0.4 is 10.6 Å². The van der Waals surface area contributed by atoms with Gasteiger partial charge in [0.2, 0.25) is 5.91 Å². The minimum Gasteiger partial charge on any atom is -0.481 e. The third kappa shape index (κ3) is 5.08. The van der Waals surface area contributed by atoms with Crippen molar-refractivity contribution in [2.75, 3.05) is 26.9 Å². The minimum atomic E-state index is -1.14. The van der Waals surface area contributed by atoms with E-state index < -0.39 is 29.4 Å². The standard InChI is InChI=1S/C24H28N2O6/c1-24(2,22(28)29)14-25-21(27)20(13-31-3)26-23(30)32-12-19-17-10-6-4-8-15(17)16-9-5-7-11-18(16)19/h4-11,19-20H,12-14H2,1-3H3,(H,25,27)(H,26,30)(H,28,29). The topological polar surface area (TPSA) is 114 Å². The van der Waals surface area contributed by atoms with Crippen molar-refractivity contribution in [2.45, 2.75) is 25.8 Å². The van der Waals surface area contributed by atoms with E-state index in [2.05, 4.69) is 10.6 Å². The first-order valence-corrected chi connectivity index (χ1v) is 10.4. The van der Waals surface area contributed by atoms with Crippen LogP contribution in [0.4, 0.5) is 4.79 Å². The van der Waals surface area contributed by atoms with E-state index in [1.807, 2.05) is 48.5 Å². The molecule has 0 heterocycles. The van der Waals surface area contributed by atoms with Crippen molar-refractivity contribution >= 4 is 18.0 Å². The Labute approximate surface area is 186 Å². The number of hydrogen-bond acceptors (Lipinski definition) is 5. The second kappa shape index (κ2) is 9.82. The first kappa shape index (κ1) is 23.3. The second-order valence-corrected chi connectivity index (χ2v) is 8.38. The van der Waals surface area contributed by atoms with Crippen molar-refractivity contribution in [1.29, 1.82) is 0 Å². The lowest BCUT2D eigenvalue weighted by molar-refractivity contribution is -0.146. The molecule has 0 radical (unpaired) electrons. The molecule has 2 aromatic rings. The Bertz CT molecular complexity index is 958. The average Bonchev–Trinajstić information content (AvgIpc) is 3.09. The van der Waals surface area contributed by atoms with Gasteiger partial charge < -0.3 is 25.2 Å². The summed E-state index contributed by atoms with van der Waals surface area (Å²) >= 11 is 0. The van der Waals surface area contributed by atoms with Gasteiger partial charge in [-0.25, -0.2) is 4.79 Å². The number of methoxy groups -OCH3 is 1. The maximum Gasteiger partial charge on any atom is 0.407 e. The summed E-state index contributed by atoms with van der Waals surface area (Å²) < 4.78 is 10.5. The van der Waals surface area contributed by atoms with Crippen molar-refractivity contribution in [3.8, 4) is 11.1 Å². The highest BCUT2D eigenvalue weighted by atomic mass is 16.5. The number of carboxylic acids is 1. The maximum absolute atomic E-state index is 12.5. The molecule has 1 atom stereocenters. The summed E-state index contributed by atoms with van der Waals surface area (Å²) in [6, 6.07) is 15.0. The summed E-state index contributed by atoms with van der Waals surface area (Å²) in [4.78, 5) is 36.2. The van der Waals surface area contributed by atoms with Gasteiger partial charge in [0.05, 0.1) is 12.0 Å². The minimum absolute atomic E-state index is 0.0798. The second-order valence-electron chi connectivity index (χ2n) is 8.38. The summed E-state index contributed by atoms with van der Waals surface area (Å²) in [6.45, 7) is 2.95. The van der Waals surface area contributed by atoms with Crippen LogP contribution in [0, 0.1) is 5.41 Å². The third-order valence-corrected chi connectivity index (χ3v) is 5.57. The number of fused-ring (bicyclic) bond motifs is 3. The number of aliphatic carboxylic acids is 1. The number of benzene rings is 2. The molecule has 1 aliphatic carbocycles. The molecule has 8 heteroatoms. The monoisotopic (exact) mass is 440 g/mol. The van der Waals surface area contributed by atoms with E-state index in [0.717, 1.165) is 22.3 Å². The number of ether oxygens (including phenoxy) is 2. The largest absolute Gasteiger partial charge is 0.481 e. The molecule has 0 fully saturated rings. The zero-order valence-corrected chi connectivity index (χ0v) is 18.4. The Balaban J connectivity index is 1.61. The molecule has 0 spiro atoms. The summed E-state index contributed by atoms with van der Waals surface area (Å²) in [5.74, 6) is -1.68. The molecule has 0 bridgehead atoms. The highest BCUT2D eigenvalue weighted by Crippen LogP contribution is 2.44. The van der Waals surface area contributed by atoms with Crippen LogP contribution >= 0.6 is 0 Å². The number of hydrogen-bond donors (Lipinski definition) is 3. The van der Waals surface area contributed by atoms with Crippen LogP contribution in [0.2, 0.25) is 0 Å². The predicted octanol–water partition coefficient (Wildman–Crippen LogP) is 2.77. The van der Waals surface area contributed by atoms with Crippen LogP contribution in [0.1, 0.15) is 30.9 Å². The van der Waals surface area contributed by atoms with Gasteiger partial charge in [-0.1, -0.05) is 48.5 Å². The van der Waals surface area contributed by atoms with Crippen molar-refractivity contribution in [3.05, 3.63) is 59.7 Å². The molecule has 2 aromatic carbocycles. The van der Waals surface area contributed by atoms with Gasteiger partial charge in [-0.15, -0.1) is 0 Å². The van der Waals surface area contributed by atoms with Gasteiger partial charge >= 0.3 is 12.1 Å². The Morgan fingerprint density at radius 3 is 2.12 bits per heavy atom. The highest BCUT2D eigenvalue weighted by molar-refractivity contribution is 5.86. The van der Waals surface area contributed by atoms with Crippen molar-refractivity contribution in [1.82, 2.24) is 10.6 Å². The first-order chi connectivity index (χ1) is 15.2. The molecule has 0 saturated heterocycles. The Hall–Kier alpha value is -3.39. The van der Waals surface area contributed by atoms with Crippen LogP contribution in [0.25, 0.3) is 11.1 Å². The number of rotatable bonds is 9. The number of carbonyl (C=O) groups excluding carboxylic acids is 2. The van der Waals surface area contributed by atoms with Crippen LogP contribution in [0.15, 0.2) is 48.5 Å². The molecule has 32 heavy (non-hydrogen) atoms. The summed E-state index contributed by atoms with van der Waals surface area (Å²) in [5.41, 5.74) is 3.27. The molecular formula is C24H28N2O6. The van der Waals surface area contributed by atoms with Crippen LogP contribution in [-0.4, -0.2) is 56.0 Å². The SMILES string of the molecule is COCC(NC(=O)OCC1c2ccccc2-c2ccccc21)C(=O)NCC(C)(C)C(=O)O. The molecule has 0 aliphatic heterocycles. The van der Waals surface area contributed by atoms with E-state index >= 15 is 0 Å². The van der Waals surface area contributed by atoms with Crippen LogP contribution in [0.5, 0.6) is 0 Å².